The third kappa shape index (κ3) is 2.31. The van der Waals surface area contributed by atoms with Gasteiger partial charge in [-0.05, 0) is 18.6 Å². The second-order valence-corrected chi connectivity index (χ2v) is 3.11. The van der Waals surface area contributed by atoms with Crippen molar-refractivity contribution >= 4 is 5.52 Å². The van der Waals surface area contributed by atoms with Crippen LogP contribution in [0.2, 0.25) is 0 Å². The minimum Gasteiger partial charge on any atom is -0.238 e. The second-order valence-electron chi connectivity index (χ2n) is 3.11. The van der Waals surface area contributed by atoms with Crippen molar-refractivity contribution in [2.45, 2.75) is 33.6 Å². The van der Waals surface area contributed by atoms with E-state index in [2.05, 4.69) is 30.9 Å². The number of fused-ring (bicyclic) bond motifs is 1. The molecule has 14 heavy (non-hydrogen) atoms. The van der Waals surface area contributed by atoms with Gasteiger partial charge in [-0.25, -0.2) is 9.50 Å². The van der Waals surface area contributed by atoms with Crippen LogP contribution in [0.5, 0.6) is 0 Å². The van der Waals surface area contributed by atoms with Gasteiger partial charge in [-0.2, -0.15) is 5.10 Å². The number of rotatable bonds is 1. The molecule has 0 aromatic carbocycles. The van der Waals surface area contributed by atoms with Gasteiger partial charge in [0.05, 0.1) is 11.2 Å². The Morgan fingerprint density at radius 3 is 2.64 bits per heavy atom. The minimum absolute atomic E-state index is 0.954. The molecule has 0 atom stereocenters. The lowest BCUT2D eigenvalue weighted by Crippen LogP contribution is -1.96. The van der Waals surface area contributed by atoms with E-state index >= 15 is 0 Å². The maximum atomic E-state index is 4.17. The van der Waals surface area contributed by atoms with Gasteiger partial charge in [0.15, 0.2) is 0 Å². The molecule has 0 amide bonds. The highest BCUT2D eigenvalue weighted by Crippen LogP contribution is 2.06. The summed E-state index contributed by atoms with van der Waals surface area (Å²) in [5.41, 5.74) is 2.21. The van der Waals surface area contributed by atoms with Gasteiger partial charge in [0.25, 0.3) is 0 Å². The summed E-state index contributed by atoms with van der Waals surface area (Å²) >= 11 is 0. The molecule has 0 N–H and O–H groups in total. The molecule has 0 bridgehead atoms. The van der Waals surface area contributed by atoms with Crippen LogP contribution < -0.4 is 0 Å². The predicted octanol–water partition coefficient (Wildman–Crippen LogP) is 2.71. The molecule has 0 saturated carbocycles. The molecule has 2 aromatic rings. The van der Waals surface area contributed by atoms with Crippen LogP contribution in [0.25, 0.3) is 5.52 Å². The van der Waals surface area contributed by atoms with Gasteiger partial charge in [-0.1, -0.05) is 27.2 Å². The van der Waals surface area contributed by atoms with E-state index in [-0.39, 0.29) is 0 Å². The zero-order valence-corrected chi connectivity index (χ0v) is 9.07. The summed E-state index contributed by atoms with van der Waals surface area (Å²) < 4.78 is 1.84. The zero-order chi connectivity index (χ0) is 10.4. The summed E-state index contributed by atoms with van der Waals surface area (Å²) in [6, 6.07) is 4.00. The van der Waals surface area contributed by atoms with E-state index in [9.17, 15) is 0 Å². The van der Waals surface area contributed by atoms with Crippen molar-refractivity contribution < 1.29 is 0 Å². The molecule has 2 aromatic heterocycles. The monoisotopic (exact) mass is 191 g/mol. The fourth-order valence-electron chi connectivity index (χ4n) is 1.19. The van der Waals surface area contributed by atoms with Crippen molar-refractivity contribution in [2.75, 3.05) is 0 Å². The molecule has 0 aliphatic carbocycles. The van der Waals surface area contributed by atoms with E-state index in [1.807, 2.05) is 22.8 Å². The molecule has 3 heteroatoms. The van der Waals surface area contributed by atoms with E-state index < -0.39 is 0 Å². The highest BCUT2D eigenvalue weighted by molar-refractivity contribution is 5.50. The van der Waals surface area contributed by atoms with Crippen LogP contribution >= 0.6 is 0 Å². The summed E-state index contributed by atoms with van der Waals surface area (Å²) in [5, 5.41) is 4.06. The lowest BCUT2D eigenvalue weighted by Gasteiger charge is -1.97. The highest BCUT2D eigenvalue weighted by Gasteiger charge is 1.98. The Balaban J connectivity index is 0.000000293. The quantitative estimate of drug-likeness (QED) is 0.693. The van der Waals surface area contributed by atoms with Gasteiger partial charge in [0.2, 0.25) is 0 Å². The molecular formula is C11H17N3. The topological polar surface area (TPSA) is 30.2 Å². The summed E-state index contributed by atoms with van der Waals surface area (Å²) in [6.45, 7) is 6.34. The van der Waals surface area contributed by atoms with Crippen LogP contribution in [-0.2, 0) is 6.42 Å². The van der Waals surface area contributed by atoms with Gasteiger partial charge >= 0.3 is 0 Å². The standard InChI is InChI=1S/C8H9N3.C3H8/c1-2-7-8-4-3-5-11(8)10-6-9-7;1-3-2/h3-6H,2H2,1H3;3H2,1-2H3. The number of aromatic nitrogens is 3. The van der Waals surface area contributed by atoms with Crippen molar-refractivity contribution in [3.05, 3.63) is 30.4 Å². The average molecular weight is 191 g/mol. The van der Waals surface area contributed by atoms with Crippen LogP contribution in [0.15, 0.2) is 24.7 Å². The zero-order valence-electron chi connectivity index (χ0n) is 9.07. The Morgan fingerprint density at radius 2 is 2.00 bits per heavy atom. The molecule has 2 rings (SSSR count). The van der Waals surface area contributed by atoms with Crippen LogP contribution in [0.4, 0.5) is 0 Å². The van der Waals surface area contributed by atoms with Crippen molar-refractivity contribution in [1.29, 1.82) is 0 Å². The molecule has 0 fully saturated rings. The first-order chi connectivity index (χ1) is 6.83. The SMILES string of the molecule is CCC.CCc1ncnn2cccc12. The Morgan fingerprint density at radius 1 is 1.29 bits per heavy atom. The molecule has 0 spiro atoms. The van der Waals surface area contributed by atoms with Crippen LogP contribution in [0.3, 0.4) is 0 Å². The lowest BCUT2D eigenvalue weighted by molar-refractivity contribution is 0.867. The Bertz CT molecular complexity index is 379. The molecule has 0 saturated heterocycles. The van der Waals surface area contributed by atoms with Crippen molar-refractivity contribution in [1.82, 2.24) is 14.6 Å². The van der Waals surface area contributed by atoms with Gasteiger partial charge in [-0.3, -0.25) is 0 Å². The Labute approximate surface area is 84.8 Å². The normalized spacial score (nSPS) is 9.64. The first-order valence-corrected chi connectivity index (χ1v) is 5.10. The molecule has 0 radical (unpaired) electrons. The number of hydrogen-bond acceptors (Lipinski definition) is 2. The fourth-order valence-corrected chi connectivity index (χ4v) is 1.19. The third-order valence-corrected chi connectivity index (χ3v) is 1.75. The molecule has 0 unspecified atom stereocenters. The predicted molar refractivity (Wildman–Crippen MR) is 58.3 cm³/mol. The first kappa shape index (κ1) is 10.7. The summed E-state index contributed by atoms with van der Waals surface area (Å²) in [5.74, 6) is 0. The lowest BCUT2D eigenvalue weighted by atomic mass is 10.3. The van der Waals surface area contributed by atoms with E-state index in [0.717, 1.165) is 17.6 Å². The third-order valence-electron chi connectivity index (χ3n) is 1.75. The number of aryl methyl sites for hydroxylation is 1. The number of hydrogen-bond donors (Lipinski definition) is 0. The maximum absolute atomic E-state index is 4.17. The van der Waals surface area contributed by atoms with E-state index in [1.54, 1.807) is 6.33 Å². The Hall–Kier alpha value is -1.38. The molecular weight excluding hydrogens is 174 g/mol. The van der Waals surface area contributed by atoms with Crippen LogP contribution in [0.1, 0.15) is 32.9 Å². The molecule has 0 aliphatic heterocycles. The summed E-state index contributed by atoms with van der Waals surface area (Å²) in [7, 11) is 0. The van der Waals surface area contributed by atoms with Crippen LogP contribution in [0, 0.1) is 0 Å². The van der Waals surface area contributed by atoms with Gasteiger partial charge in [-0.15, -0.1) is 0 Å². The van der Waals surface area contributed by atoms with Gasteiger partial charge in [0.1, 0.15) is 6.33 Å². The van der Waals surface area contributed by atoms with E-state index in [1.165, 1.54) is 6.42 Å². The smallest absolute Gasteiger partial charge is 0.136 e. The fraction of sp³-hybridized carbons (Fsp3) is 0.455. The average Bonchev–Trinajstić information content (AvgIpc) is 2.66. The van der Waals surface area contributed by atoms with E-state index in [4.69, 9.17) is 0 Å². The highest BCUT2D eigenvalue weighted by atomic mass is 15.2. The van der Waals surface area contributed by atoms with Gasteiger partial charge in [0, 0.05) is 6.20 Å². The molecule has 3 nitrogen and oxygen atoms in total. The van der Waals surface area contributed by atoms with Crippen molar-refractivity contribution in [2.24, 2.45) is 0 Å². The largest absolute Gasteiger partial charge is 0.238 e. The van der Waals surface area contributed by atoms with Crippen LogP contribution in [-0.4, -0.2) is 14.6 Å². The molecule has 0 aliphatic rings. The van der Waals surface area contributed by atoms with Crippen molar-refractivity contribution in [3.8, 4) is 0 Å². The van der Waals surface area contributed by atoms with Gasteiger partial charge < -0.3 is 0 Å². The van der Waals surface area contributed by atoms with Crippen molar-refractivity contribution in [3.63, 3.8) is 0 Å². The minimum atomic E-state index is 0.954. The summed E-state index contributed by atoms with van der Waals surface area (Å²) in [4.78, 5) is 4.17. The second kappa shape index (κ2) is 5.37. The maximum Gasteiger partial charge on any atom is 0.136 e. The Kier molecular flexibility index (Phi) is 4.11. The molecule has 76 valence electrons. The van der Waals surface area contributed by atoms with E-state index in [0.29, 0.717) is 0 Å². The molecule has 2 heterocycles. The summed E-state index contributed by atoms with van der Waals surface area (Å²) in [6.07, 6.45) is 5.72. The number of nitrogens with zero attached hydrogens (tertiary/aromatic N) is 3. The first-order valence-electron chi connectivity index (χ1n) is 5.10.